The molecule has 0 aliphatic heterocycles. The minimum atomic E-state index is 0.274. The molecule has 0 aliphatic carbocycles. The number of pyridine rings is 1. The topological polar surface area (TPSA) is 130 Å². The second-order valence-corrected chi connectivity index (χ2v) is 5.34. The maximum atomic E-state index is 5.95. The Labute approximate surface area is 139 Å². The predicted octanol–water partition coefficient (Wildman–Crippen LogP) is 1.51. The molecule has 24 heavy (non-hydrogen) atoms. The number of nitrogens with two attached hydrogens (primary N) is 3. The fraction of sp³-hybridized carbons (Fsp3) is 0.125. The highest BCUT2D eigenvalue weighted by atomic mass is 16.5. The number of aromatic nitrogens is 3. The molecule has 0 saturated heterocycles. The molecule has 0 radical (unpaired) electrons. The van der Waals surface area contributed by atoms with Crippen LogP contribution in [0.5, 0.6) is 5.75 Å². The van der Waals surface area contributed by atoms with E-state index in [0.717, 1.165) is 16.7 Å². The molecular formula is C16H19N7O. The van der Waals surface area contributed by atoms with Gasteiger partial charge in [-0.15, -0.1) is 0 Å². The van der Waals surface area contributed by atoms with Gasteiger partial charge in [-0.05, 0) is 17.2 Å². The van der Waals surface area contributed by atoms with Crippen LogP contribution >= 0.6 is 0 Å². The molecule has 3 aromatic rings. The zero-order valence-electron chi connectivity index (χ0n) is 13.2. The fourth-order valence-electron chi connectivity index (χ4n) is 2.35. The summed E-state index contributed by atoms with van der Waals surface area (Å²) in [6, 6.07) is 9.58. The highest BCUT2D eigenvalue weighted by molar-refractivity contribution is 5.71. The number of ether oxygens (including phenoxy) is 1. The lowest BCUT2D eigenvalue weighted by Gasteiger charge is -2.13. The van der Waals surface area contributed by atoms with E-state index < -0.39 is 0 Å². The van der Waals surface area contributed by atoms with Crippen molar-refractivity contribution in [3.8, 4) is 16.9 Å². The summed E-state index contributed by atoms with van der Waals surface area (Å²) in [6.07, 6.45) is 3.78. The van der Waals surface area contributed by atoms with E-state index >= 15 is 0 Å². The number of hydrogen-bond donors (Lipinski definition) is 4. The van der Waals surface area contributed by atoms with Crippen LogP contribution in [0, 0.1) is 0 Å². The molecule has 0 fully saturated rings. The molecule has 8 heteroatoms. The van der Waals surface area contributed by atoms with Crippen LogP contribution in [0.1, 0.15) is 5.56 Å². The number of nitrogens with zero attached hydrogens (tertiary/aromatic N) is 3. The summed E-state index contributed by atoms with van der Waals surface area (Å²) in [5.41, 5.74) is 17.5. The number of rotatable bonds is 5. The molecule has 0 unspecified atom stereocenters. The van der Waals surface area contributed by atoms with Gasteiger partial charge in [0.1, 0.15) is 23.9 Å². The molecule has 3 rings (SSSR count). The predicted molar refractivity (Wildman–Crippen MR) is 93.8 cm³/mol. The van der Waals surface area contributed by atoms with Crippen molar-refractivity contribution in [1.82, 2.24) is 14.8 Å². The first kappa shape index (κ1) is 15.6. The lowest BCUT2D eigenvalue weighted by molar-refractivity contribution is 0.308. The molecule has 7 N–H and O–H groups in total. The van der Waals surface area contributed by atoms with Gasteiger partial charge in [0.05, 0.1) is 6.20 Å². The van der Waals surface area contributed by atoms with E-state index in [1.807, 2.05) is 43.7 Å². The number of nitrogen functional groups attached to an aromatic ring is 3. The molecular weight excluding hydrogens is 306 g/mol. The van der Waals surface area contributed by atoms with E-state index in [1.54, 1.807) is 10.7 Å². The van der Waals surface area contributed by atoms with Crippen molar-refractivity contribution in [2.75, 3.05) is 16.9 Å². The molecule has 2 heterocycles. The smallest absolute Gasteiger partial charge is 0.169 e. The molecule has 0 amide bonds. The van der Waals surface area contributed by atoms with Gasteiger partial charge >= 0.3 is 0 Å². The highest BCUT2D eigenvalue weighted by Gasteiger charge is 2.10. The van der Waals surface area contributed by atoms with Crippen molar-refractivity contribution >= 4 is 17.3 Å². The first-order chi connectivity index (χ1) is 11.6. The van der Waals surface area contributed by atoms with Gasteiger partial charge in [0.25, 0.3) is 0 Å². The molecule has 1 aromatic carbocycles. The Morgan fingerprint density at radius 1 is 1.21 bits per heavy atom. The van der Waals surface area contributed by atoms with Crippen molar-refractivity contribution < 1.29 is 4.74 Å². The zero-order chi connectivity index (χ0) is 17.1. The molecule has 0 aliphatic rings. The average molecular weight is 325 g/mol. The lowest BCUT2D eigenvalue weighted by Crippen LogP contribution is -2.13. The summed E-state index contributed by atoms with van der Waals surface area (Å²) in [5, 5.41) is 4.19. The van der Waals surface area contributed by atoms with Crippen molar-refractivity contribution in [3.63, 3.8) is 0 Å². The Morgan fingerprint density at radius 2 is 2.04 bits per heavy atom. The molecule has 0 bridgehead atoms. The van der Waals surface area contributed by atoms with Gasteiger partial charge in [-0.25, -0.2) is 10.8 Å². The Bertz CT molecular complexity index is 859. The number of aryl methyl sites for hydroxylation is 1. The lowest BCUT2D eigenvalue weighted by atomic mass is 10.1. The molecule has 2 aromatic heterocycles. The number of hydrazine groups is 1. The van der Waals surface area contributed by atoms with E-state index in [2.05, 4.69) is 15.5 Å². The van der Waals surface area contributed by atoms with Crippen LogP contribution in [0.4, 0.5) is 17.3 Å². The number of hydrogen-bond acceptors (Lipinski definition) is 7. The zero-order valence-corrected chi connectivity index (χ0v) is 13.2. The third-order valence-corrected chi connectivity index (χ3v) is 3.54. The molecule has 124 valence electrons. The van der Waals surface area contributed by atoms with Crippen LogP contribution < -0.4 is 27.5 Å². The first-order valence-electron chi connectivity index (χ1n) is 7.30. The summed E-state index contributed by atoms with van der Waals surface area (Å²) < 4.78 is 7.55. The molecule has 8 nitrogen and oxygen atoms in total. The maximum absolute atomic E-state index is 5.95. The third kappa shape index (κ3) is 3.23. The van der Waals surface area contributed by atoms with E-state index in [9.17, 15) is 0 Å². The molecule has 0 saturated carbocycles. The van der Waals surface area contributed by atoms with Crippen molar-refractivity contribution in [3.05, 3.63) is 48.3 Å². The Kier molecular flexibility index (Phi) is 4.21. The maximum Gasteiger partial charge on any atom is 0.169 e. The monoisotopic (exact) mass is 325 g/mol. The normalized spacial score (nSPS) is 10.6. The Hall–Kier alpha value is -3.26. The average Bonchev–Trinajstić information content (AvgIpc) is 3.02. The first-order valence-corrected chi connectivity index (χ1v) is 7.30. The van der Waals surface area contributed by atoms with Gasteiger partial charge in [-0.1, -0.05) is 18.2 Å². The summed E-state index contributed by atoms with van der Waals surface area (Å²) in [4.78, 5) is 3.99. The second kappa shape index (κ2) is 6.47. The number of anilines is 3. The van der Waals surface area contributed by atoms with Crippen molar-refractivity contribution in [1.29, 1.82) is 0 Å². The summed E-state index contributed by atoms with van der Waals surface area (Å²) >= 11 is 0. The quantitative estimate of drug-likeness (QED) is 0.413. The van der Waals surface area contributed by atoms with Gasteiger partial charge in [0, 0.05) is 24.9 Å². The Morgan fingerprint density at radius 3 is 2.75 bits per heavy atom. The summed E-state index contributed by atoms with van der Waals surface area (Å²) in [7, 11) is 1.89. The number of nitrogens with one attached hydrogen (secondary N) is 1. The van der Waals surface area contributed by atoms with Gasteiger partial charge in [0.15, 0.2) is 5.82 Å². The van der Waals surface area contributed by atoms with Crippen LogP contribution in [0.2, 0.25) is 0 Å². The van der Waals surface area contributed by atoms with Crippen molar-refractivity contribution in [2.24, 2.45) is 12.9 Å². The van der Waals surface area contributed by atoms with E-state index in [4.69, 9.17) is 22.0 Å². The molecule has 0 atom stereocenters. The summed E-state index contributed by atoms with van der Waals surface area (Å²) in [5.74, 6) is 6.36. The number of benzene rings is 1. The van der Waals surface area contributed by atoms with Crippen LogP contribution in [0.25, 0.3) is 11.1 Å². The van der Waals surface area contributed by atoms with Crippen LogP contribution in [0.3, 0.4) is 0 Å². The second-order valence-electron chi connectivity index (χ2n) is 5.34. The standard InChI is InChI=1S/C16H19N7O/c1-23-8-12(7-20-23)11-4-2-3-10(5-11)9-24-13-6-14(17)21-16(22-19)15(13)18/h2-8H,9,18-19H2,1H3,(H3,17,21,22). The molecule has 0 spiro atoms. The van der Waals surface area contributed by atoms with E-state index in [1.165, 1.54) is 0 Å². The minimum Gasteiger partial charge on any atom is -0.486 e. The van der Waals surface area contributed by atoms with Crippen LogP contribution in [-0.4, -0.2) is 14.8 Å². The third-order valence-electron chi connectivity index (χ3n) is 3.54. The van der Waals surface area contributed by atoms with Gasteiger partial charge in [0.2, 0.25) is 0 Å². The van der Waals surface area contributed by atoms with E-state index in [-0.39, 0.29) is 11.6 Å². The fourth-order valence-corrected chi connectivity index (χ4v) is 2.35. The SMILES string of the molecule is Cn1cc(-c2cccc(COc3cc(N)nc(NN)c3N)c2)cn1. The highest BCUT2D eigenvalue weighted by Crippen LogP contribution is 2.30. The Balaban J connectivity index is 1.79. The largest absolute Gasteiger partial charge is 0.486 e. The van der Waals surface area contributed by atoms with Gasteiger partial charge in [-0.2, -0.15) is 5.10 Å². The van der Waals surface area contributed by atoms with Crippen LogP contribution in [-0.2, 0) is 13.7 Å². The van der Waals surface area contributed by atoms with Gasteiger partial charge in [-0.3, -0.25) is 4.68 Å². The van der Waals surface area contributed by atoms with Crippen molar-refractivity contribution in [2.45, 2.75) is 6.61 Å². The summed E-state index contributed by atoms with van der Waals surface area (Å²) in [6.45, 7) is 0.339. The van der Waals surface area contributed by atoms with Crippen LogP contribution in [0.15, 0.2) is 42.7 Å². The minimum absolute atomic E-state index is 0.274. The van der Waals surface area contributed by atoms with Gasteiger partial charge < -0.3 is 21.6 Å². The van der Waals surface area contributed by atoms with E-state index in [0.29, 0.717) is 18.0 Å².